The van der Waals surface area contributed by atoms with Crippen LogP contribution in [0.25, 0.3) is 0 Å². The van der Waals surface area contributed by atoms with E-state index in [1.54, 1.807) is 13.3 Å². The normalized spacial score (nSPS) is 17.0. The summed E-state index contributed by atoms with van der Waals surface area (Å²) in [6.45, 7) is 4.52. The monoisotopic (exact) mass is 480 g/mol. The van der Waals surface area contributed by atoms with E-state index in [2.05, 4.69) is 34.6 Å². The fourth-order valence-electron chi connectivity index (χ4n) is 2.95. The topological polar surface area (TPSA) is 71.3 Å². The van der Waals surface area contributed by atoms with Gasteiger partial charge in [0.1, 0.15) is 12.4 Å². The third-order valence-corrected chi connectivity index (χ3v) is 4.76. The zero-order valence-electron chi connectivity index (χ0n) is 16.1. The van der Waals surface area contributed by atoms with Crippen molar-refractivity contribution in [2.24, 2.45) is 4.99 Å². The van der Waals surface area contributed by atoms with Crippen molar-refractivity contribution in [2.75, 3.05) is 54.1 Å². The van der Waals surface area contributed by atoms with Gasteiger partial charge in [0.2, 0.25) is 0 Å². The third-order valence-electron chi connectivity index (χ3n) is 4.76. The third kappa shape index (κ3) is 7.42. The van der Waals surface area contributed by atoms with Crippen LogP contribution < -0.4 is 10.6 Å². The minimum Gasteiger partial charge on any atom is -0.467 e. The minimum atomic E-state index is 0. The molecule has 1 aliphatic rings. The summed E-state index contributed by atoms with van der Waals surface area (Å²) in [4.78, 5) is 6.61. The van der Waals surface area contributed by atoms with E-state index in [0.717, 1.165) is 57.3 Å². The summed E-state index contributed by atoms with van der Waals surface area (Å²) in [5.41, 5.74) is 0.127. The van der Waals surface area contributed by atoms with Crippen LogP contribution in [0, 0.1) is 0 Å². The van der Waals surface area contributed by atoms with Crippen LogP contribution in [0.3, 0.4) is 0 Å². The van der Waals surface area contributed by atoms with Crippen molar-refractivity contribution in [1.82, 2.24) is 15.5 Å². The van der Waals surface area contributed by atoms with E-state index in [-0.39, 0.29) is 29.5 Å². The molecule has 0 spiro atoms. The number of nitrogens with zero attached hydrogens (tertiary/aromatic N) is 2. The second-order valence-electron chi connectivity index (χ2n) is 6.57. The lowest BCUT2D eigenvalue weighted by Crippen LogP contribution is -2.57. The number of guanidine groups is 1. The van der Waals surface area contributed by atoms with Crippen molar-refractivity contribution in [1.29, 1.82) is 0 Å². The number of ether oxygens (including phenoxy) is 2. The van der Waals surface area contributed by atoms with Gasteiger partial charge in [-0.25, -0.2) is 0 Å². The molecule has 7 nitrogen and oxygen atoms in total. The van der Waals surface area contributed by atoms with Crippen molar-refractivity contribution in [3.05, 3.63) is 24.2 Å². The highest BCUT2D eigenvalue weighted by molar-refractivity contribution is 14.0. The zero-order chi connectivity index (χ0) is 18.0. The molecular formula is C18H33IN4O3. The Balaban J connectivity index is 0.00000338. The fraction of sp³-hybridized carbons (Fsp3) is 0.722. The Hall–Kier alpha value is -0.840. The Labute approximate surface area is 173 Å². The zero-order valence-corrected chi connectivity index (χ0v) is 18.5. The van der Waals surface area contributed by atoms with Gasteiger partial charge in [0.15, 0.2) is 5.96 Å². The van der Waals surface area contributed by atoms with Crippen LogP contribution in [0.5, 0.6) is 0 Å². The summed E-state index contributed by atoms with van der Waals surface area (Å²) in [7, 11) is 6.08. The molecule has 0 aliphatic carbocycles. The Morgan fingerprint density at radius 3 is 2.69 bits per heavy atom. The van der Waals surface area contributed by atoms with Crippen LogP contribution in [0.1, 0.15) is 25.0 Å². The van der Waals surface area contributed by atoms with Gasteiger partial charge in [-0.3, -0.25) is 4.99 Å². The summed E-state index contributed by atoms with van der Waals surface area (Å²) in [5, 5.41) is 6.80. The first-order chi connectivity index (χ1) is 12.2. The predicted octanol–water partition coefficient (Wildman–Crippen LogP) is 2.08. The maximum Gasteiger partial charge on any atom is 0.191 e. The maximum absolute atomic E-state index is 5.58. The maximum atomic E-state index is 5.58. The molecule has 0 aromatic carbocycles. The molecule has 1 aromatic rings. The molecule has 2 rings (SSSR count). The minimum absolute atomic E-state index is 0. The second kappa shape index (κ2) is 12.5. The summed E-state index contributed by atoms with van der Waals surface area (Å²) < 4.78 is 16.3. The van der Waals surface area contributed by atoms with Gasteiger partial charge in [0.05, 0.1) is 6.26 Å². The highest BCUT2D eigenvalue weighted by atomic mass is 127. The van der Waals surface area contributed by atoms with E-state index >= 15 is 0 Å². The Morgan fingerprint density at radius 2 is 2.08 bits per heavy atom. The molecule has 0 radical (unpaired) electrons. The summed E-state index contributed by atoms with van der Waals surface area (Å²) >= 11 is 0. The average molecular weight is 480 g/mol. The standard InChI is InChI=1S/C18H32N4O3.HI/c1-19-17(20-9-5-10-24-14-16-6-4-11-25-16)21-15-18(22(2)3)7-12-23-13-8-18;/h4,6,11H,5,7-10,12-15H2,1-3H3,(H2,19,20,21);1H. The number of nitrogens with one attached hydrogen (secondary N) is 2. The van der Waals surface area contributed by atoms with Gasteiger partial charge in [-0.15, -0.1) is 24.0 Å². The Bertz CT molecular complexity index is 503. The summed E-state index contributed by atoms with van der Waals surface area (Å²) in [6.07, 6.45) is 4.64. The second-order valence-corrected chi connectivity index (χ2v) is 6.57. The van der Waals surface area contributed by atoms with E-state index in [4.69, 9.17) is 13.9 Å². The number of halogens is 1. The Kier molecular flexibility index (Phi) is 11.2. The van der Waals surface area contributed by atoms with Crippen LogP contribution in [0.15, 0.2) is 27.8 Å². The van der Waals surface area contributed by atoms with E-state index in [1.165, 1.54) is 0 Å². The lowest BCUT2D eigenvalue weighted by atomic mass is 9.88. The highest BCUT2D eigenvalue weighted by Gasteiger charge is 2.34. The largest absolute Gasteiger partial charge is 0.467 e. The fourth-order valence-corrected chi connectivity index (χ4v) is 2.95. The first-order valence-corrected chi connectivity index (χ1v) is 8.96. The van der Waals surface area contributed by atoms with Gasteiger partial charge in [0, 0.05) is 45.5 Å². The SMILES string of the molecule is CN=C(NCCCOCc1ccco1)NCC1(N(C)C)CCOCC1.I. The van der Waals surface area contributed by atoms with Crippen LogP contribution in [-0.2, 0) is 16.1 Å². The lowest BCUT2D eigenvalue weighted by molar-refractivity contribution is -0.00501. The predicted molar refractivity (Wildman–Crippen MR) is 114 cm³/mol. The molecule has 150 valence electrons. The van der Waals surface area contributed by atoms with Gasteiger partial charge in [-0.05, 0) is 45.5 Å². The van der Waals surface area contributed by atoms with E-state index in [0.29, 0.717) is 13.2 Å². The molecule has 1 aromatic heterocycles. The lowest BCUT2D eigenvalue weighted by Gasteiger charge is -2.43. The molecule has 0 bridgehead atoms. The van der Waals surface area contributed by atoms with Crippen molar-refractivity contribution in [2.45, 2.75) is 31.4 Å². The quantitative estimate of drug-likeness (QED) is 0.244. The number of furan rings is 1. The molecule has 1 aliphatic heterocycles. The van der Waals surface area contributed by atoms with Crippen molar-refractivity contribution in [3.63, 3.8) is 0 Å². The molecule has 0 saturated carbocycles. The molecule has 1 fully saturated rings. The summed E-state index contributed by atoms with van der Waals surface area (Å²) in [5.74, 6) is 1.69. The molecule has 26 heavy (non-hydrogen) atoms. The van der Waals surface area contributed by atoms with E-state index in [9.17, 15) is 0 Å². The van der Waals surface area contributed by atoms with Crippen LogP contribution >= 0.6 is 24.0 Å². The number of rotatable bonds is 9. The smallest absolute Gasteiger partial charge is 0.191 e. The molecule has 0 atom stereocenters. The highest BCUT2D eigenvalue weighted by Crippen LogP contribution is 2.24. The molecular weight excluding hydrogens is 447 g/mol. The van der Waals surface area contributed by atoms with Gasteiger partial charge in [-0.2, -0.15) is 0 Å². The van der Waals surface area contributed by atoms with Gasteiger partial charge < -0.3 is 29.4 Å². The first kappa shape index (κ1) is 23.2. The molecule has 2 heterocycles. The number of aliphatic imine (C=N–C) groups is 1. The number of hydrogen-bond acceptors (Lipinski definition) is 5. The molecule has 2 N–H and O–H groups in total. The van der Waals surface area contributed by atoms with Gasteiger partial charge in [-0.1, -0.05) is 0 Å². The number of likely N-dealkylation sites (N-methyl/N-ethyl adjacent to an activating group) is 1. The van der Waals surface area contributed by atoms with Crippen LogP contribution in [0.2, 0.25) is 0 Å². The van der Waals surface area contributed by atoms with Crippen molar-refractivity contribution >= 4 is 29.9 Å². The van der Waals surface area contributed by atoms with Crippen LogP contribution in [0.4, 0.5) is 0 Å². The van der Waals surface area contributed by atoms with Crippen molar-refractivity contribution in [3.8, 4) is 0 Å². The van der Waals surface area contributed by atoms with Gasteiger partial charge >= 0.3 is 0 Å². The molecule has 1 saturated heterocycles. The van der Waals surface area contributed by atoms with Crippen molar-refractivity contribution < 1.29 is 13.9 Å². The molecule has 0 amide bonds. The molecule has 0 unspecified atom stereocenters. The summed E-state index contributed by atoms with van der Waals surface area (Å²) in [6, 6.07) is 3.79. The average Bonchev–Trinajstić information content (AvgIpc) is 3.14. The van der Waals surface area contributed by atoms with Gasteiger partial charge in [0.25, 0.3) is 0 Å². The molecule has 8 heteroatoms. The Morgan fingerprint density at radius 1 is 1.31 bits per heavy atom. The first-order valence-electron chi connectivity index (χ1n) is 8.96. The van der Waals surface area contributed by atoms with E-state index in [1.807, 2.05) is 12.1 Å². The number of hydrogen-bond donors (Lipinski definition) is 2. The van der Waals surface area contributed by atoms with E-state index < -0.39 is 0 Å². The van der Waals surface area contributed by atoms with Crippen LogP contribution in [-0.4, -0.2) is 70.5 Å².